The van der Waals surface area contributed by atoms with Crippen LogP contribution in [0.2, 0.25) is 0 Å². The molecule has 0 spiro atoms. The van der Waals surface area contributed by atoms with Crippen LogP contribution in [0.25, 0.3) is 0 Å². The molecule has 0 N–H and O–H groups in total. The van der Waals surface area contributed by atoms with Crippen LogP contribution in [0.1, 0.15) is 36.7 Å². The van der Waals surface area contributed by atoms with E-state index < -0.39 is 5.60 Å². The van der Waals surface area contributed by atoms with E-state index in [1.807, 2.05) is 20.8 Å². The fourth-order valence-corrected chi connectivity index (χ4v) is 1.07. The van der Waals surface area contributed by atoms with Crippen LogP contribution in [0, 0.1) is 12.3 Å². The van der Waals surface area contributed by atoms with Gasteiger partial charge >= 0.3 is 5.97 Å². The molecule has 2 heteroatoms. The van der Waals surface area contributed by atoms with Crippen molar-refractivity contribution >= 4 is 5.97 Å². The Balaban J connectivity index is 2.88. The van der Waals surface area contributed by atoms with Crippen molar-refractivity contribution in [3.8, 4) is 12.3 Å². The number of hydrogen-bond acceptors (Lipinski definition) is 2. The molecule has 2 nitrogen and oxygen atoms in total. The quantitative estimate of drug-likeness (QED) is 0.517. The maximum absolute atomic E-state index is 11.6. The molecule has 0 bridgehead atoms. The average molecular weight is 202 g/mol. The average Bonchev–Trinajstić information content (AvgIpc) is 2.15. The first-order valence-electron chi connectivity index (χ1n) is 4.72. The van der Waals surface area contributed by atoms with E-state index in [2.05, 4.69) is 5.92 Å². The lowest BCUT2D eigenvalue weighted by Crippen LogP contribution is -2.23. The molecule has 0 aromatic heterocycles. The number of esters is 1. The van der Waals surface area contributed by atoms with Gasteiger partial charge in [0.1, 0.15) is 5.60 Å². The summed E-state index contributed by atoms with van der Waals surface area (Å²) in [5, 5.41) is 0. The molecule has 0 unspecified atom stereocenters. The minimum atomic E-state index is -0.483. The molecule has 0 saturated carbocycles. The largest absolute Gasteiger partial charge is 0.456 e. The molecule has 1 aromatic rings. The first-order chi connectivity index (χ1) is 6.92. The SMILES string of the molecule is C#Cc1cccc(C(=O)OC(C)(C)C)c1. The summed E-state index contributed by atoms with van der Waals surface area (Å²) in [7, 11) is 0. The summed E-state index contributed by atoms with van der Waals surface area (Å²) >= 11 is 0. The van der Waals surface area contributed by atoms with Crippen LogP contribution in [0.5, 0.6) is 0 Å². The second kappa shape index (κ2) is 4.18. The van der Waals surface area contributed by atoms with Gasteiger partial charge in [0.25, 0.3) is 0 Å². The van der Waals surface area contributed by atoms with Crippen molar-refractivity contribution in [2.45, 2.75) is 26.4 Å². The molecule has 78 valence electrons. The smallest absolute Gasteiger partial charge is 0.338 e. The number of benzene rings is 1. The third kappa shape index (κ3) is 3.47. The molecule has 0 saturated heterocycles. The second-order valence-electron chi connectivity index (χ2n) is 4.23. The molecule has 0 fully saturated rings. The Labute approximate surface area is 90.3 Å². The van der Waals surface area contributed by atoms with Gasteiger partial charge in [-0.1, -0.05) is 12.0 Å². The topological polar surface area (TPSA) is 26.3 Å². The van der Waals surface area contributed by atoms with Crippen LogP contribution in [0.3, 0.4) is 0 Å². The third-order valence-electron chi connectivity index (χ3n) is 1.66. The van der Waals surface area contributed by atoms with Crippen molar-refractivity contribution in [3.05, 3.63) is 35.4 Å². The van der Waals surface area contributed by atoms with E-state index in [1.165, 1.54) is 0 Å². The van der Waals surface area contributed by atoms with E-state index in [0.717, 1.165) is 0 Å². The van der Waals surface area contributed by atoms with Gasteiger partial charge in [-0.3, -0.25) is 0 Å². The first-order valence-corrected chi connectivity index (χ1v) is 4.72. The molecular weight excluding hydrogens is 188 g/mol. The number of rotatable bonds is 1. The van der Waals surface area contributed by atoms with Crippen LogP contribution < -0.4 is 0 Å². The number of ether oxygens (including phenoxy) is 1. The molecule has 0 amide bonds. The number of carbonyl (C=O) groups excluding carboxylic acids is 1. The molecule has 0 atom stereocenters. The van der Waals surface area contributed by atoms with Crippen LogP contribution in [0.15, 0.2) is 24.3 Å². The molecule has 1 rings (SSSR count). The van der Waals surface area contributed by atoms with Crippen molar-refractivity contribution in [2.24, 2.45) is 0 Å². The highest BCUT2D eigenvalue weighted by atomic mass is 16.6. The Morgan fingerprint density at radius 3 is 2.60 bits per heavy atom. The highest BCUT2D eigenvalue weighted by Crippen LogP contribution is 2.12. The van der Waals surface area contributed by atoms with E-state index in [9.17, 15) is 4.79 Å². The number of terminal acetylenes is 1. The zero-order valence-corrected chi connectivity index (χ0v) is 9.20. The zero-order chi connectivity index (χ0) is 11.5. The molecule has 15 heavy (non-hydrogen) atoms. The maximum Gasteiger partial charge on any atom is 0.338 e. The van der Waals surface area contributed by atoms with Crippen molar-refractivity contribution in [2.75, 3.05) is 0 Å². The molecule has 1 aromatic carbocycles. The second-order valence-corrected chi connectivity index (χ2v) is 4.23. The lowest BCUT2D eigenvalue weighted by atomic mass is 10.1. The molecule has 0 heterocycles. The highest BCUT2D eigenvalue weighted by molar-refractivity contribution is 5.90. The van der Waals surface area contributed by atoms with Gasteiger partial charge in [0.05, 0.1) is 5.56 Å². The van der Waals surface area contributed by atoms with Gasteiger partial charge < -0.3 is 4.74 Å². The summed E-state index contributed by atoms with van der Waals surface area (Å²) in [5.74, 6) is 2.13. The predicted molar refractivity (Wildman–Crippen MR) is 59.5 cm³/mol. The lowest BCUT2D eigenvalue weighted by Gasteiger charge is -2.19. The van der Waals surface area contributed by atoms with E-state index in [1.54, 1.807) is 24.3 Å². The Morgan fingerprint density at radius 2 is 2.07 bits per heavy atom. The van der Waals surface area contributed by atoms with Gasteiger partial charge in [-0.25, -0.2) is 4.79 Å². The summed E-state index contributed by atoms with van der Waals surface area (Å²) in [4.78, 5) is 11.6. The van der Waals surface area contributed by atoms with Crippen molar-refractivity contribution in [3.63, 3.8) is 0 Å². The third-order valence-corrected chi connectivity index (χ3v) is 1.66. The normalized spacial score (nSPS) is 10.5. The van der Waals surface area contributed by atoms with Crippen molar-refractivity contribution in [1.29, 1.82) is 0 Å². The lowest BCUT2D eigenvalue weighted by molar-refractivity contribution is 0.00695. The minimum absolute atomic E-state index is 0.348. The van der Waals surface area contributed by atoms with E-state index in [-0.39, 0.29) is 5.97 Å². The van der Waals surface area contributed by atoms with Gasteiger partial charge in [-0.05, 0) is 39.0 Å². The molecule has 0 radical (unpaired) electrons. The summed E-state index contributed by atoms with van der Waals surface area (Å²) < 4.78 is 5.22. The maximum atomic E-state index is 11.6. The summed E-state index contributed by atoms with van der Waals surface area (Å²) in [6.07, 6.45) is 5.24. The first kappa shape index (κ1) is 11.3. The Hall–Kier alpha value is -1.75. The fraction of sp³-hybridized carbons (Fsp3) is 0.308. The van der Waals surface area contributed by atoms with Crippen LogP contribution in [0.4, 0.5) is 0 Å². The Bertz CT molecular complexity index is 405. The van der Waals surface area contributed by atoms with Gasteiger partial charge in [-0.15, -0.1) is 6.42 Å². The number of hydrogen-bond donors (Lipinski definition) is 0. The van der Waals surface area contributed by atoms with Gasteiger partial charge in [0.2, 0.25) is 0 Å². The van der Waals surface area contributed by atoms with E-state index in [4.69, 9.17) is 11.2 Å². The summed E-state index contributed by atoms with van der Waals surface area (Å²) in [6, 6.07) is 6.85. The zero-order valence-electron chi connectivity index (χ0n) is 9.20. The minimum Gasteiger partial charge on any atom is -0.456 e. The van der Waals surface area contributed by atoms with Gasteiger partial charge in [-0.2, -0.15) is 0 Å². The van der Waals surface area contributed by atoms with Gasteiger partial charge in [0, 0.05) is 5.56 Å². The van der Waals surface area contributed by atoms with Crippen molar-refractivity contribution < 1.29 is 9.53 Å². The predicted octanol–water partition coefficient (Wildman–Crippen LogP) is 2.62. The molecule has 0 aliphatic carbocycles. The van der Waals surface area contributed by atoms with Crippen molar-refractivity contribution in [1.82, 2.24) is 0 Å². The highest BCUT2D eigenvalue weighted by Gasteiger charge is 2.17. The summed E-state index contributed by atoms with van der Waals surface area (Å²) in [6.45, 7) is 5.49. The Morgan fingerprint density at radius 1 is 1.40 bits per heavy atom. The number of carbonyl (C=O) groups is 1. The Kier molecular flexibility index (Phi) is 3.16. The molecule has 0 aliphatic rings. The standard InChI is InChI=1S/C13H14O2/c1-5-10-7-6-8-11(9-10)12(14)15-13(2,3)4/h1,6-9H,2-4H3. The van der Waals surface area contributed by atoms with Crippen LogP contribution in [-0.4, -0.2) is 11.6 Å². The van der Waals surface area contributed by atoms with E-state index in [0.29, 0.717) is 11.1 Å². The van der Waals surface area contributed by atoms with Crippen LogP contribution >= 0.6 is 0 Å². The monoisotopic (exact) mass is 202 g/mol. The fourth-order valence-electron chi connectivity index (χ4n) is 1.07. The van der Waals surface area contributed by atoms with Crippen LogP contribution in [-0.2, 0) is 4.74 Å². The molecular formula is C13H14O2. The van der Waals surface area contributed by atoms with E-state index >= 15 is 0 Å². The molecule has 0 aliphatic heterocycles. The van der Waals surface area contributed by atoms with Gasteiger partial charge in [0.15, 0.2) is 0 Å². The summed E-state index contributed by atoms with van der Waals surface area (Å²) in [5.41, 5.74) is 0.683.